The summed E-state index contributed by atoms with van der Waals surface area (Å²) in [6.07, 6.45) is 11.0. The van der Waals surface area contributed by atoms with Gasteiger partial charge < -0.3 is 9.88 Å². The first-order valence-electron chi connectivity index (χ1n) is 5.98. The number of nitrogens with zero attached hydrogens (tertiary/aromatic N) is 2. The topological polar surface area (TPSA) is 29.9 Å². The molecule has 15 heavy (non-hydrogen) atoms. The third kappa shape index (κ3) is 6.28. The molecule has 0 saturated carbocycles. The molecule has 0 spiro atoms. The van der Waals surface area contributed by atoms with Gasteiger partial charge in [0.15, 0.2) is 0 Å². The van der Waals surface area contributed by atoms with Gasteiger partial charge in [-0.05, 0) is 19.4 Å². The number of imidazole rings is 1. The fourth-order valence-electron chi connectivity index (χ4n) is 1.58. The third-order valence-electron chi connectivity index (χ3n) is 2.45. The zero-order valence-corrected chi connectivity index (χ0v) is 9.95. The number of aryl methyl sites for hydroxylation is 1. The Balaban J connectivity index is 1.85. The lowest BCUT2D eigenvalue weighted by Gasteiger charge is -2.07. The van der Waals surface area contributed by atoms with Crippen LogP contribution in [0.1, 0.15) is 39.5 Å². The summed E-state index contributed by atoms with van der Waals surface area (Å²) in [4.78, 5) is 4.02. The van der Waals surface area contributed by atoms with Gasteiger partial charge in [0.1, 0.15) is 0 Å². The predicted molar refractivity (Wildman–Crippen MR) is 63.8 cm³/mol. The zero-order chi connectivity index (χ0) is 10.9. The summed E-state index contributed by atoms with van der Waals surface area (Å²) in [6.45, 7) is 6.65. The van der Waals surface area contributed by atoms with Crippen molar-refractivity contribution in [3.8, 4) is 0 Å². The molecule has 1 aromatic rings. The van der Waals surface area contributed by atoms with E-state index in [4.69, 9.17) is 0 Å². The summed E-state index contributed by atoms with van der Waals surface area (Å²) in [5, 5.41) is 3.43. The molecular formula is C12H23N3. The van der Waals surface area contributed by atoms with Gasteiger partial charge in [-0.25, -0.2) is 4.98 Å². The summed E-state index contributed by atoms with van der Waals surface area (Å²) in [5.41, 5.74) is 0. The highest BCUT2D eigenvalue weighted by Gasteiger charge is 1.93. The molecule has 1 heterocycles. The SMILES string of the molecule is CC(C)NCCCCCCn1ccnc1. The Morgan fingerprint density at radius 2 is 2.00 bits per heavy atom. The highest BCUT2D eigenvalue weighted by Crippen LogP contribution is 2.01. The number of aromatic nitrogens is 2. The van der Waals surface area contributed by atoms with E-state index in [0.29, 0.717) is 6.04 Å². The summed E-state index contributed by atoms with van der Waals surface area (Å²) in [6, 6.07) is 0.621. The molecule has 1 aromatic heterocycles. The van der Waals surface area contributed by atoms with E-state index in [-0.39, 0.29) is 0 Å². The second kappa shape index (κ2) is 7.46. The van der Waals surface area contributed by atoms with Crippen LogP contribution in [0.2, 0.25) is 0 Å². The maximum atomic E-state index is 4.02. The minimum absolute atomic E-state index is 0.621. The first-order chi connectivity index (χ1) is 7.29. The van der Waals surface area contributed by atoms with Crippen molar-refractivity contribution in [2.75, 3.05) is 6.54 Å². The number of rotatable bonds is 8. The Morgan fingerprint density at radius 1 is 1.20 bits per heavy atom. The first-order valence-corrected chi connectivity index (χ1v) is 5.98. The molecule has 0 aliphatic rings. The Morgan fingerprint density at radius 3 is 2.67 bits per heavy atom. The average Bonchev–Trinajstić information content (AvgIpc) is 2.68. The van der Waals surface area contributed by atoms with Gasteiger partial charge in [-0.2, -0.15) is 0 Å². The van der Waals surface area contributed by atoms with Gasteiger partial charge in [0.05, 0.1) is 6.33 Å². The second-order valence-electron chi connectivity index (χ2n) is 4.32. The van der Waals surface area contributed by atoms with Crippen LogP contribution in [0, 0.1) is 0 Å². The smallest absolute Gasteiger partial charge is 0.0945 e. The minimum atomic E-state index is 0.621. The molecule has 86 valence electrons. The van der Waals surface area contributed by atoms with Gasteiger partial charge in [0.25, 0.3) is 0 Å². The van der Waals surface area contributed by atoms with Crippen LogP contribution < -0.4 is 5.32 Å². The minimum Gasteiger partial charge on any atom is -0.337 e. The van der Waals surface area contributed by atoms with E-state index in [1.54, 1.807) is 0 Å². The predicted octanol–water partition coefficient (Wildman–Crippen LogP) is 2.44. The molecule has 0 bridgehead atoms. The summed E-state index contributed by atoms with van der Waals surface area (Å²) < 4.78 is 2.15. The van der Waals surface area contributed by atoms with E-state index in [0.717, 1.165) is 13.1 Å². The largest absolute Gasteiger partial charge is 0.337 e. The van der Waals surface area contributed by atoms with Gasteiger partial charge in [0.2, 0.25) is 0 Å². The lowest BCUT2D eigenvalue weighted by molar-refractivity contribution is 0.525. The number of unbranched alkanes of at least 4 members (excludes halogenated alkanes) is 3. The van der Waals surface area contributed by atoms with Crippen LogP contribution in [0.4, 0.5) is 0 Å². The molecule has 0 amide bonds. The summed E-state index contributed by atoms with van der Waals surface area (Å²) in [7, 11) is 0. The van der Waals surface area contributed by atoms with Gasteiger partial charge in [-0.15, -0.1) is 0 Å². The van der Waals surface area contributed by atoms with Crippen molar-refractivity contribution < 1.29 is 0 Å². The zero-order valence-electron chi connectivity index (χ0n) is 9.95. The molecule has 3 heteroatoms. The monoisotopic (exact) mass is 209 g/mol. The van der Waals surface area contributed by atoms with Crippen LogP contribution in [-0.4, -0.2) is 22.1 Å². The molecule has 0 fully saturated rings. The molecule has 0 aliphatic heterocycles. The van der Waals surface area contributed by atoms with Gasteiger partial charge in [-0.1, -0.05) is 26.7 Å². The van der Waals surface area contributed by atoms with Crippen molar-refractivity contribution in [1.82, 2.24) is 14.9 Å². The lowest BCUT2D eigenvalue weighted by atomic mass is 10.2. The van der Waals surface area contributed by atoms with Crippen molar-refractivity contribution in [2.24, 2.45) is 0 Å². The van der Waals surface area contributed by atoms with Crippen LogP contribution in [0.5, 0.6) is 0 Å². The van der Waals surface area contributed by atoms with Crippen LogP contribution in [0.15, 0.2) is 18.7 Å². The quantitative estimate of drug-likeness (QED) is 0.666. The molecule has 0 unspecified atom stereocenters. The standard InChI is InChI=1S/C12H23N3/c1-12(2)14-7-5-3-4-6-9-15-10-8-13-11-15/h8,10-12,14H,3-7,9H2,1-2H3. The van der Waals surface area contributed by atoms with E-state index >= 15 is 0 Å². The normalized spacial score (nSPS) is 11.1. The van der Waals surface area contributed by atoms with Crippen molar-refractivity contribution in [2.45, 2.75) is 52.1 Å². The van der Waals surface area contributed by atoms with Gasteiger partial charge in [-0.3, -0.25) is 0 Å². The van der Waals surface area contributed by atoms with Crippen molar-refractivity contribution in [1.29, 1.82) is 0 Å². The van der Waals surface area contributed by atoms with Crippen molar-refractivity contribution in [3.63, 3.8) is 0 Å². The Hall–Kier alpha value is -0.830. The van der Waals surface area contributed by atoms with Crippen molar-refractivity contribution in [3.05, 3.63) is 18.7 Å². The third-order valence-corrected chi connectivity index (χ3v) is 2.45. The fourth-order valence-corrected chi connectivity index (χ4v) is 1.58. The van der Waals surface area contributed by atoms with E-state index in [9.17, 15) is 0 Å². The van der Waals surface area contributed by atoms with Gasteiger partial charge >= 0.3 is 0 Å². The van der Waals surface area contributed by atoms with Crippen LogP contribution in [0.25, 0.3) is 0 Å². The van der Waals surface area contributed by atoms with Crippen LogP contribution in [-0.2, 0) is 6.54 Å². The highest BCUT2D eigenvalue weighted by molar-refractivity contribution is 4.73. The molecule has 3 nitrogen and oxygen atoms in total. The molecule has 0 atom stereocenters. The number of nitrogens with one attached hydrogen (secondary N) is 1. The summed E-state index contributed by atoms with van der Waals surface area (Å²) >= 11 is 0. The first kappa shape index (κ1) is 12.2. The lowest BCUT2D eigenvalue weighted by Crippen LogP contribution is -2.23. The maximum absolute atomic E-state index is 4.02. The van der Waals surface area contributed by atoms with Crippen LogP contribution >= 0.6 is 0 Å². The van der Waals surface area contributed by atoms with Gasteiger partial charge in [0, 0.05) is 25.0 Å². The highest BCUT2D eigenvalue weighted by atomic mass is 15.0. The fraction of sp³-hybridized carbons (Fsp3) is 0.750. The molecule has 0 radical (unpaired) electrons. The Bertz CT molecular complexity index is 229. The molecule has 1 rings (SSSR count). The molecule has 1 N–H and O–H groups in total. The molecule has 0 aromatic carbocycles. The summed E-state index contributed by atoms with van der Waals surface area (Å²) in [5.74, 6) is 0. The van der Waals surface area contributed by atoms with E-state index in [1.807, 2.05) is 18.7 Å². The van der Waals surface area contributed by atoms with E-state index in [1.165, 1.54) is 25.7 Å². The number of hydrogen-bond donors (Lipinski definition) is 1. The molecular weight excluding hydrogens is 186 g/mol. The Kier molecular flexibility index (Phi) is 6.09. The molecule has 0 saturated heterocycles. The second-order valence-corrected chi connectivity index (χ2v) is 4.32. The van der Waals surface area contributed by atoms with E-state index in [2.05, 4.69) is 28.7 Å². The number of hydrogen-bond acceptors (Lipinski definition) is 2. The van der Waals surface area contributed by atoms with E-state index < -0.39 is 0 Å². The van der Waals surface area contributed by atoms with Crippen molar-refractivity contribution >= 4 is 0 Å². The molecule has 0 aliphatic carbocycles. The maximum Gasteiger partial charge on any atom is 0.0945 e. The Labute approximate surface area is 92.9 Å². The van der Waals surface area contributed by atoms with Crippen LogP contribution in [0.3, 0.4) is 0 Å². The average molecular weight is 209 g/mol.